The van der Waals surface area contributed by atoms with Gasteiger partial charge in [-0.25, -0.2) is 4.79 Å². The van der Waals surface area contributed by atoms with E-state index in [0.29, 0.717) is 12.4 Å². The number of cyclic esters (lactones) is 1. The number of rotatable bonds is 1. The molecule has 1 fully saturated rings. The second kappa shape index (κ2) is 2.31. The van der Waals surface area contributed by atoms with Crippen LogP contribution in [0.5, 0.6) is 0 Å². The largest absolute Gasteiger partial charge is 0.440 e. The first-order valence-corrected chi connectivity index (χ1v) is 3.61. The van der Waals surface area contributed by atoms with Crippen molar-refractivity contribution < 1.29 is 9.53 Å². The van der Waals surface area contributed by atoms with E-state index in [1.54, 1.807) is 7.05 Å². The zero-order valence-electron chi connectivity index (χ0n) is 6.06. The minimum absolute atomic E-state index is 0.289. The highest BCUT2D eigenvalue weighted by Crippen LogP contribution is 2.21. The molecule has 1 rings (SSSR count). The average molecular weight is 164 g/mol. The Kier molecular flexibility index (Phi) is 1.77. The predicted octanol–water partition coefficient (Wildman–Crippen LogP) is 1.07. The third-order valence-electron chi connectivity index (χ3n) is 1.50. The zero-order valence-corrected chi connectivity index (χ0v) is 6.81. The number of carbonyl (C=O) groups excluding carboxylic acids is 1. The summed E-state index contributed by atoms with van der Waals surface area (Å²) >= 11 is 5.58. The van der Waals surface area contributed by atoms with Gasteiger partial charge >= 0.3 is 6.09 Å². The molecule has 0 aliphatic carbocycles. The molecule has 1 atom stereocenters. The van der Waals surface area contributed by atoms with Crippen molar-refractivity contribution in [2.45, 2.75) is 12.5 Å². The fraction of sp³-hybridized carbons (Fsp3) is 0.833. The number of likely N-dealkylation sites (N-methyl/N-ethyl adjacent to an activating group) is 1. The van der Waals surface area contributed by atoms with E-state index in [9.17, 15) is 4.79 Å². The van der Waals surface area contributed by atoms with Gasteiger partial charge in [-0.1, -0.05) is 0 Å². The van der Waals surface area contributed by atoms with Crippen molar-refractivity contribution >= 4 is 17.7 Å². The highest BCUT2D eigenvalue weighted by atomic mass is 35.5. The lowest BCUT2D eigenvalue weighted by Crippen LogP contribution is -2.31. The SMILES string of the molecule is CN1CC(C)(CCl)OC1=O. The van der Waals surface area contributed by atoms with Crippen LogP contribution in [0.25, 0.3) is 0 Å². The molecule has 1 aliphatic rings. The summed E-state index contributed by atoms with van der Waals surface area (Å²) in [5.74, 6) is 0.350. The fourth-order valence-electron chi connectivity index (χ4n) is 0.957. The quantitative estimate of drug-likeness (QED) is 0.541. The van der Waals surface area contributed by atoms with E-state index in [1.807, 2.05) is 6.92 Å². The third kappa shape index (κ3) is 1.19. The minimum atomic E-state index is -0.479. The van der Waals surface area contributed by atoms with Crippen LogP contribution < -0.4 is 0 Å². The molecule has 0 aromatic rings. The van der Waals surface area contributed by atoms with Gasteiger partial charge in [0.05, 0.1) is 12.4 Å². The maximum atomic E-state index is 10.8. The normalized spacial score (nSPS) is 32.7. The Morgan fingerprint density at radius 3 is 2.70 bits per heavy atom. The topological polar surface area (TPSA) is 29.5 Å². The van der Waals surface area contributed by atoms with Crippen molar-refractivity contribution in [2.24, 2.45) is 0 Å². The molecular weight excluding hydrogens is 154 g/mol. The number of ether oxygens (including phenoxy) is 1. The smallest absolute Gasteiger partial charge is 0.410 e. The highest BCUT2D eigenvalue weighted by Gasteiger charge is 2.38. The molecule has 0 aromatic heterocycles. The Bertz CT molecular complexity index is 162. The second-order valence-corrected chi connectivity index (χ2v) is 3.07. The number of carbonyl (C=O) groups is 1. The Morgan fingerprint density at radius 1 is 1.90 bits per heavy atom. The van der Waals surface area contributed by atoms with E-state index in [-0.39, 0.29) is 6.09 Å². The first kappa shape index (κ1) is 7.66. The van der Waals surface area contributed by atoms with Gasteiger partial charge in [-0.05, 0) is 6.92 Å². The van der Waals surface area contributed by atoms with Crippen LogP contribution in [0.4, 0.5) is 4.79 Å². The molecule has 0 spiro atoms. The van der Waals surface area contributed by atoms with Crippen molar-refractivity contribution in [3.63, 3.8) is 0 Å². The van der Waals surface area contributed by atoms with Crippen molar-refractivity contribution in [3.8, 4) is 0 Å². The highest BCUT2D eigenvalue weighted by molar-refractivity contribution is 6.18. The second-order valence-electron chi connectivity index (χ2n) is 2.81. The van der Waals surface area contributed by atoms with E-state index in [4.69, 9.17) is 16.3 Å². The first-order valence-electron chi connectivity index (χ1n) is 3.07. The third-order valence-corrected chi connectivity index (χ3v) is 2.07. The Balaban J connectivity index is 2.64. The molecule has 0 saturated carbocycles. The van der Waals surface area contributed by atoms with Crippen LogP contribution in [0.3, 0.4) is 0 Å². The number of halogens is 1. The van der Waals surface area contributed by atoms with Crippen molar-refractivity contribution in [1.29, 1.82) is 0 Å². The lowest BCUT2D eigenvalue weighted by molar-refractivity contribution is 0.0885. The van der Waals surface area contributed by atoms with Crippen LogP contribution in [-0.2, 0) is 4.74 Å². The number of hydrogen-bond acceptors (Lipinski definition) is 2. The van der Waals surface area contributed by atoms with Crippen LogP contribution in [0, 0.1) is 0 Å². The first-order chi connectivity index (χ1) is 4.57. The molecule has 1 aliphatic heterocycles. The molecule has 10 heavy (non-hydrogen) atoms. The molecule has 0 radical (unpaired) electrons. The monoisotopic (exact) mass is 163 g/mol. The van der Waals surface area contributed by atoms with Gasteiger partial charge in [-0.2, -0.15) is 0 Å². The predicted molar refractivity (Wildman–Crippen MR) is 38.2 cm³/mol. The zero-order chi connectivity index (χ0) is 7.78. The molecule has 0 bridgehead atoms. The number of nitrogens with zero attached hydrogens (tertiary/aromatic N) is 1. The summed E-state index contributed by atoms with van der Waals surface area (Å²) in [4.78, 5) is 12.3. The summed E-state index contributed by atoms with van der Waals surface area (Å²) in [6.07, 6.45) is -0.289. The van der Waals surface area contributed by atoms with Gasteiger partial charge in [0.1, 0.15) is 5.60 Å². The van der Waals surface area contributed by atoms with Crippen molar-refractivity contribution in [2.75, 3.05) is 19.5 Å². The Morgan fingerprint density at radius 2 is 2.50 bits per heavy atom. The van der Waals surface area contributed by atoms with Crippen LogP contribution in [0.2, 0.25) is 0 Å². The Labute approximate surface area is 64.9 Å². The van der Waals surface area contributed by atoms with Gasteiger partial charge in [-0.15, -0.1) is 11.6 Å². The molecule has 1 amide bonds. The van der Waals surface area contributed by atoms with Gasteiger partial charge in [0, 0.05) is 7.05 Å². The van der Waals surface area contributed by atoms with E-state index in [2.05, 4.69) is 0 Å². The van der Waals surface area contributed by atoms with Crippen LogP contribution in [0.15, 0.2) is 0 Å². The molecular formula is C6H10ClNO2. The van der Waals surface area contributed by atoms with E-state index in [0.717, 1.165) is 0 Å². The minimum Gasteiger partial charge on any atom is -0.440 e. The maximum absolute atomic E-state index is 10.8. The van der Waals surface area contributed by atoms with Gasteiger partial charge in [0.25, 0.3) is 0 Å². The summed E-state index contributed by atoms with van der Waals surface area (Å²) in [5, 5.41) is 0. The van der Waals surface area contributed by atoms with Gasteiger partial charge in [0.2, 0.25) is 0 Å². The summed E-state index contributed by atoms with van der Waals surface area (Å²) in [6.45, 7) is 2.40. The van der Waals surface area contributed by atoms with E-state index < -0.39 is 5.60 Å². The lowest BCUT2D eigenvalue weighted by atomic mass is 10.1. The maximum Gasteiger partial charge on any atom is 0.410 e. The van der Waals surface area contributed by atoms with E-state index >= 15 is 0 Å². The van der Waals surface area contributed by atoms with Gasteiger partial charge in [0.15, 0.2) is 0 Å². The molecule has 1 unspecified atom stereocenters. The van der Waals surface area contributed by atoms with Crippen LogP contribution >= 0.6 is 11.6 Å². The molecule has 0 aromatic carbocycles. The van der Waals surface area contributed by atoms with E-state index in [1.165, 1.54) is 4.90 Å². The van der Waals surface area contributed by atoms with Crippen LogP contribution in [0.1, 0.15) is 6.92 Å². The Hall–Kier alpha value is -0.440. The standard InChI is InChI=1S/C6H10ClNO2/c1-6(3-7)4-8(2)5(9)10-6/h3-4H2,1-2H3. The molecule has 1 heterocycles. The number of alkyl halides is 1. The molecule has 58 valence electrons. The number of amides is 1. The average Bonchev–Trinajstić information content (AvgIpc) is 2.10. The summed E-state index contributed by atoms with van der Waals surface area (Å²) in [6, 6.07) is 0. The number of hydrogen-bond donors (Lipinski definition) is 0. The van der Waals surface area contributed by atoms with Crippen molar-refractivity contribution in [1.82, 2.24) is 4.90 Å². The molecule has 1 saturated heterocycles. The van der Waals surface area contributed by atoms with Gasteiger partial charge in [-0.3, -0.25) is 0 Å². The lowest BCUT2D eigenvalue weighted by Gasteiger charge is -2.16. The fourth-order valence-corrected chi connectivity index (χ4v) is 1.10. The summed E-state index contributed by atoms with van der Waals surface area (Å²) in [5.41, 5.74) is -0.479. The molecule has 3 nitrogen and oxygen atoms in total. The van der Waals surface area contributed by atoms with Gasteiger partial charge < -0.3 is 9.64 Å². The summed E-state index contributed by atoms with van der Waals surface area (Å²) in [7, 11) is 1.69. The summed E-state index contributed by atoms with van der Waals surface area (Å²) < 4.78 is 4.97. The van der Waals surface area contributed by atoms with Crippen molar-refractivity contribution in [3.05, 3.63) is 0 Å². The molecule has 4 heteroatoms. The van der Waals surface area contributed by atoms with Crippen LogP contribution in [-0.4, -0.2) is 36.1 Å². The molecule has 0 N–H and O–H groups in total.